The van der Waals surface area contributed by atoms with E-state index in [2.05, 4.69) is 6.07 Å². The van der Waals surface area contributed by atoms with Crippen LogP contribution in [0.5, 0.6) is 0 Å². The molecule has 0 N–H and O–H groups in total. The van der Waals surface area contributed by atoms with Crippen LogP contribution < -0.4 is 0 Å². The van der Waals surface area contributed by atoms with Gasteiger partial charge in [-0.2, -0.15) is 0 Å². The van der Waals surface area contributed by atoms with Crippen LogP contribution in [0.3, 0.4) is 0 Å². The number of benzene rings is 1. The van der Waals surface area contributed by atoms with Gasteiger partial charge in [-0.25, -0.2) is 0 Å². The van der Waals surface area contributed by atoms with E-state index in [9.17, 15) is 4.79 Å². The minimum Gasteiger partial charge on any atom is -0.368 e. The van der Waals surface area contributed by atoms with Crippen molar-refractivity contribution in [3.63, 3.8) is 0 Å². The number of hydrogen-bond donors (Lipinski definition) is 0. The molecule has 1 aliphatic heterocycles. The zero-order chi connectivity index (χ0) is 13.4. The number of halogens is 1. The number of hydrogen-bond acceptors (Lipinski definition) is 3. The van der Waals surface area contributed by atoms with E-state index >= 15 is 0 Å². The van der Waals surface area contributed by atoms with Crippen molar-refractivity contribution in [3.05, 3.63) is 55.7 Å². The van der Waals surface area contributed by atoms with Gasteiger partial charge in [-0.05, 0) is 48.2 Å². The normalized spacial score (nSPS) is 18.1. The summed E-state index contributed by atoms with van der Waals surface area (Å²) in [7, 11) is 0. The van der Waals surface area contributed by atoms with E-state index in [0.29, 0.717) is 6.61 Å². The number of carbonyl (C=O) groups excluding carboxylic acids is 1. The third kappa shape index (κ3) is 2.34. The summed E-state index contributed by atoms with van der Waals surface area (Å²) in [6.07, 6.45) is 1.70. The van der Waals surface area contributed by atoms with Crippen molar-refractivity contribution in [3.8, 4) is 0 Å². The fourth-order valence-corrected chi connectivity index (χ4v) is 3.56. The first-order valence-electron chi connectivity index (χ1n) is 6.14. The lowest BCUT2D eigenvalue weighted by atomic mass is 9.93. The molecule has 19 heavy (non-hydrogen) atoms. The molecule has 0 saturated heterocycles. The molecule has 98 valence electrons. The molecule has 0 saturated carbocycles. The first-order valence-corrected chi connectivity index (χ1v) is 7.34. The highest BCUT2D eigenvalue weighted by atomic mass is 35.5. The zero-order valence-corrected chi connectivity index (χ0v) is 12.1. The van der Waals surface area contributed by atoms with Gasteiger partial charge < -0.3 is 4.74 Å². The molecular weight excluding hydrogens is 280 g/mol. The first kappa shape index (κ1) is 12.9. The third-order valence-corrected chi connectivity index (χ3v) is 4.65. The molecule has 3 rings (SSSR count). The second-order valence-corrected chi connectivity index (χ2v) is 6.35. The fourth-order valence-electron chi connectivity index (χ4n) is 2.51. The number of thiophene rings is 1. The Morgan fingerprint density at radius 3 is 2.95 bits per heavy atom. The van der Waals surface area contributed by atoms with Crippen LogP contribution >= 0.6 is 22.9 Å². The van der Waals surface area contributed by atoms with Crippen LogP contribution in [0.1, 0.15) is 37.3 Å². The van der Waals surface area contributed by atoms with Gasteiger partial charge in [0.05, 0.1) is 11.5 Å². The van der Waals surface area contributed by atoms with Crippen molar-refractivity contribution in [2.75, 3.05) is 6.61 Å². The van der Waals surface area contributed by atoms with Crippen LogP contribution in [0.15, 0.2) is 24.3 Å². The van der Waals surface area contributed by atoms with Gasteiger partial charge in [0.25, 0.3) is 0 Å². The molecule has 1 atom stereocenters. The molecule has 0 amide bonds. The Kier molecular flexibility index (Phi) is 3.44. The van der Waals surface area contributed by atoms with Gasteiger partial charge in [0, 0.05) is 9.90 Å². The van der Waals surface area contributed by atoms with Gasteiger partial charge in [0.1, 0.15) is 6.10 Å². The van der Waals surface area contributed by atoms with E-state index in [-0.39, 0.29) is 6.10 Å². The molecule has 0 radical (unpaired) electrons. The zero-order valence-electron chi connectivity index (χ0n) is 10.5. The lowest BCUT2D eigenvalue weighted by Crippen LogP contribution is -2.17. The van der Waals surface area contributed by atoms with Gasteiger partial charge in [0.2, 0.25) is 0 Å². The summed E-state index contributed by atoms with van der Waals surface area (Å²) in [5.41, 5.74) is 3.48. The molecule has 0 bridgehead atoms. The van der Waals surface area contributed by atoms with Crippen molar-refractivity contribution in [2.45, 2.75) is 19.4 Å². The van der Waals surface area contributed by atoms with E-state index in [1.54, 1.807) is 0 Å². The van der Waals surface area contributed by atoms with Crippen LogP contribution in [0.25, 0.3) is 0 Å². The summed E-state index contributed by atoms with van der Waals surface area (Å²) in [5, 5.41) is 0.720. The van der Waals surface area contributed by atoms with Crippen LogP contribution in [-0.4, -0.2) is 12.9 Å². The van der Waals surface area contributed by atoms with Gasteiger partial charge >= 0.3 is 0 Å². The predicted octanol–water partition coefficient (Wildman–Crippen LogP) is 4.18. The smallest absolute Gasteiger partial charge is 0.160 e. The summed E-state index contributed by atoms with van der Waals surface area (Å²) in [4.78, 5) is 12.8. The highest BCUT2D eigenvalue weighted by molar-refractivity contribution is 7.13. The van der Waals surface area contributed by atoms with Crippen LogP contribution in [0.4, 0.5) is 0 Å². The molecule has 1 aliphatic rings. The summed E-state index contributed by atoms with van der Waals surface area (Å²) >= 11 is 7.60. The Morgan fingerprint density at radius 2 is 2.21 bits per heavy atom. The molecule has 2 nitrogen and oxygen atoms in total. The molecule has 1 aromatic carbocycles. The third-order valence-electron chi connectivity index (χ3n) is 3.42. The Balaban J connectivity index is 2.09. The average Bonchev–Trinajstić information content (AvgIpc) is 2.79. The van der Waals surface area contributed by atoms with Crippen LogP contribution in [0.2, 0.25) is 5.02 Å². The van der Waals surface area contributed by atoms with Crippen molar-refractivity contribution >= 4 is 29.2 Å². The number of aldehydes is 1. The quantitative estimate of drug-likeness (QED) is 0.776. The molecule has 4 heteroatoms. The minimum absolute atomic E-state index is 0.104. The van der Waals surface area contributed by atoms with Crippen molar-refractivity contribution in [2.24, 2.45) is 0 Å². The molecule has 1 aromatic heterocycles. The van der Waals surface area contributed by atoms with Gasteiger partial charge in [0.15, 0.2) is 6.29 Å². The average molecular weight is 293 g/mol. The Morgan fingerprint density at radius 1 is 1.37 bits per heavy atom. The topological polar surface area (TPSA) is 26.3 Å². The number of ether oxygens (including phenoxy) is 1. The summed E-state index contributed by atoms with van der Waals surface area (Å²) in [6.45, 7) is 2.72. The minimum atomic E-state index is -0.104. The number of rotatable bonds is 2. The van der Waals surface area contributed by atoms with Crippen molar-refractivity contribution in [1.29, 1.82) is 0 Å². The lowest BCUT2D eigenvalue weighted by molar-refractivity contribution is 0.0697. The van der Waals surface area contributed by atoms with Crippen molar-refractivity contribution in [1.82, 2.24) is 0 Å². The molecular formula is C15H13ClO2S. The SMILES string of the molecule is Cc1sc(C=O)cc1C1OCCc2ccc(Cl)cc21. The highest BCUT2D eigenvalue weighted by Gasteiger charge is 2.25. The maximum absolute atomic E-state index is 10.9. The molecule has 2 heterocycles. The monoisotopic (exact) mass is 292 g/mol. The van der Waals surface area contributed by atoms with Gasteiger partial charge in [-0.3, -0.25) is 4.79 Å². The second-order valence-electron chi connectivity index (χ2n) is 4.62. The fraction of sp³-hybridized carbons (Fsp3) is 0.267. The maximum Gasteiger partial charge on any atom is 0.160 e. The molecule has 1 unspecified atom stereocenters. The Hall–Kier alpha value is -1.16. The van der Waals surface area contributed by atoms with Gasteiger partial charge in [-0.15, -0.1) is 11.3 Å². The number of carbonyl (C=O) groups is 1. The van der Waals surface area contributed by atoms with E-state index in [1.165, 1.54) is 16.9 Å². The summed E-state index contributed by atoms with van der Waals surface area (Å²) in [6, 6.07) is 7.88. The van der Waals surface area contributed by atoms with Crippen LogP contribution in [-0.2, 0) is 11.2 Å². The Labute approximate surface area is 121 Å². The Bertz CT molecular complexity index is 633. The van der Waals surface area contributed by atoms with E-state index in [4.69, 9.17) is 16.3 Å². The predicted molar refractivity (Wildman–Crippen MR) is 77.4 cm³/mol. The molecule has 2 aromatic rings. The maximum atomic E-state index is 10.9. The van der Waals surface area contributed by atoms with Crippen molar-refractivity contribution < 1.29 is 9.53 Å². The molecule has 0 aliphatic carbocycles. The second kappa shape index (κ2) is 5.08. The van der Waals surface area contributed by atoms with E-state index < -0.39 is 0 Å². The summed E-state index contributed by atoms with van der Waals surface area (Å²) < 4.78 is 5.92. The molecule has 0 fully saturated rings. The molecule has 0 spiro atoms. The highest BCUT2D eigenvalue weighted by Crippen LogP contribution is 2.38. The number of fused-ring (bicyclic) bond motifs is 1. The van der Waals surface area contributed by atoms with Gasteiger partial charge in [-0.1, -0.05) is 17.7 Å². The largest absolute Gasteiger partial charge is 0.368 e. The van der Waals surface area contributed by atoms with E-state index in [1.807, 2.05) is 25.1 Å². The standard InChI is InChI=1S/C15H13ClO2S/c1-9-13(7-12(8-17)19-9)15-14-6-11(16)3-2-10(14)4-5-18-15/h2-3,6-8,15H,4-5H2,1H3. The van der Waals surface area contributed by atoms with E-state index in [0.717, 1.165) is 38.6 Å². The summed E-state index contributed by atoms with van der Waals surface area (Å²) in [5.74, 6) is 0. The lowest BCUT2D eigenvalue weighted by Gasteiger charge is -2.26. The van der Waals surface area contributed by atoms with Crippen LogP contribution in [0, 0.1) is 6.92 Å². The first-order chi connectivity index (χ1) is 9.19. The number of aryl methyl sites for hydroxylation is 1.